The van der Waals surface area contributed by atoms with Crippen molar-refractivity contribution in [3.8, 4) is 24.0 Å². The van der Waals surface area contributed by atoms with Crippen LogP contribution in [0.25, 0.3) is 10.8 Å². The molecule has 0 aliphatic carbocycles. The average Bonchev–Trinajstić information content (AvgIpc) is 3.65. The fourth-order valence-corrected chi connectivity index (χ4v) is 8.48. The number of hydrogen-bond donors (Lipinski definition) is 2. The summed E-state index contributed by atoms with van der Waals surface area (Å²) in [7, 11) is 0. The highest BCUT2D eigenvalue weighted by Crippen LogP contribution is 2.42. The van der Waals surface area contributed by atoms with Gasteiger partial charge in [-0.05, 0) is 75.6 Å². The molecular weight excluding hydrogens is 526 g/mol. The lowest BCUT2D eigenvalue weighted by Gasteiger charge is -2.39. The average molecular weight is 564 g/mol. The number of terminal acetylenes is 1. The molecule has 216 valence electrons. The Morgan fingerprint density at radius 3 is 2.64 bits per heavy atom. The van der Waals surface area contributed by atoms with E-state index < -0.39 is 0 Å². The Kier molecular flexibility index (Phi) is 6.09. The molecule has 6 heterocycles. The van der Waals surface area contributed by atoms with Crippen molar-refractivity contribution >= 4 is 28.2 Å². The van der Waals surface area contributed by atoms with E-state index in [1.165, 1.54) is 12.8 Å². The number of hydrogen-bond acceptors (Lipinski definition) is 7. The number of piperazine rings is 1. The highest BCUT2D eigenvalue weighted by molar-refractivity contribution is 6.14. The van der Waals surface area contributed by atoms with Crippen LogP contribution >= 0.6 is 0 Å². The van der Waals surface area contributed by atoms with E-state index in [1.54, 1.807) is 17.0 Å². The second kappa shape index (κ2) is 9.89. The SMILES string of the molecule is C#Cc1cccc2cc(O)cc(N3CCc4c(cc(OCC56CCCN5CCC6)nc4N4C5CCC4CNC5)C3=O)c12. The Labute approximate surface area is 246 Å². The number of nitrogens with zero attached hydrogens (tertiary/aromatic N) is 4. The van der Waals surface area contributed by atoms with E-state index in [0.29, 0.717) is 54.4 Å². The molecule has 1 amide bonds. The second-order valence-electron chi connectivity index (χ2n) is 12.7. The maximum atomic E-state index is 14.4. The standard InChI is InChI=1S/C34H37N5O3/c1-2-22-6-3-7-23-16-26(40)17-29(31(22)23)38-15-10-27-28(33(38)41)18-30(42-21-34-11-4-13-37(34)14-5-12-34)36-32(27)39-24-8-9-25(39)20-35-19-24/h1,3,6-7,16-18,24-25,35,40H,4-5,8-15,19-21H2. The van der Waals surface area contributed by atoms with Crippen molar-refractivity contribution in [3.05, 3.63) is 53.1 Å². The van der Waals surface area contributed by atoms with Gasteiger partial charge in [-0.15, -0.1) is 6.42 Å². The minimum absolute atomic E-state index is 0.0912. The van der Waals surface area contributed by atoms with E-state index in [9.17, 15) is 9.90 Å². The third-order valence-electron chi connectivity index (χ3n) is 10.5. The molecule has 8 nitrogen and oxygen atoms in total. The first kappa shape index (κ1) is 25.9. The number of aromatic hydroxyl groups is 1. The highest BCUT2D eigenvalue weighted by Gasteiger charge is 2.45. The summed E-state index contributed by atoms with van der Waals surface area (Å²) < 4.78 is 6.57. The number of aromatic nitrogens is 1. The summed E-state index contributed by atoms with van der Waals surface area (Å²) >= 11 is 0. The van der Waals surface area contributed by atoms with Crippen LogP contribution in [0.5, 0.6) is 11.6 Å². The number of ether oxygens (including phenoxy) is 1. The first-order valence-electron chi connectivity index (χ1n) is 15.5. The zero-order valence-corrected chi connectivity index (χ0v) is 23.9. The van der Waals surface area contributed by atoms with Crippen LogP contribution in [0, 0.1) is 12.3 Å². The molecule has 0 spiro atoms. The number of carbonyl (C=O) groups is 1. The van der Waals surface area contributed by atoms with E-state index in [-0.39, 0.29) is 17.2 Å². The zero-order chi connectivity index (χ0) is 28.4. The van der Waals surface area contributed by atoms with Crippen LogP contribution in [0.15, 0.2) is 36.4 Å². The lowest BCUT2D eigenvalue weighted by atomic mass is 9.95. The van der Waals surface area contributed by atoms with E-state index in [4.69, 9.17) is 16.1 Å². The number of rotatable bonds is 5. The molecule has 1 aromatic heterocycles. The van der Waals surface area contributed by atoms with Crippen LogP contribution in [-0.4, -0.2) is 77.9 Å². The highest BCUT2D eigenvalue weighted by atomic mass is 16.5. The summed E-state index contributed by atoms with van der Waals surface area (Å²) in [4.78, 5) is 26.5. The smallest absolute Gasteiger partial charge is 0.258 e. The van der Waals surface area contributed by atoms with Crippen LogP contribution in [-0.2, 0) is 6.42 Å². The zero-order valence-electron chi connectivity index (χ0n) is 23.9. The number of pyridine rings is 1. The monoisotopic (exact) mass is 563 g/mol. The topological polar surface area (TPSA) is 81.2 Å². The van der Waals surface area contributed by atoms with Crippen molar-refractivity contribution in [2.24, 2.45) is 0 Å². The molecule has 2 aromatic carbocycles. The summed E-state index contributed by atoms with van der Waals surface area (Å²) in [6.07, 6.45) is 13.5. The lowest BCUT2D eigenvalue weighted by molar-refractivity contribution is 0.0977. The Bertz CT molecular complexity index is 1600. The molecule has 2 N–H and O–H groups in total. The van der Waals surface area contributed by atoms with Crippen LogP contribution in [0.4, 0.5) is 11.5 Å². The molecular formula is C34H37N5O3. The van der Waals surface area contributed by atoms with Gasteiger partial charge in [-0.25, -0.2) is 0 Å². The molecule has 4 saturated heterocycles. The van der Waals surface area contributed by atoms with Crippen LogP contribution in [0.3, 0.4) is 0 Å². The molecule has 2 unspecified atom stereocenters. The largest absolute Gasteiger partial charge is 0.508 e. The van der Waals surface area contributed by atoms with Gasteiger partial charge < -0.3 is 25.0 Å². The van der Waals surface area contributed by atoms with Gasteiger partial charge in [0, 0.05) is 60.4 Å². The molecule has 2 atom stereocenters. The van der Waals surface area contributed by atoms with E-state index in [2.05, 4.69) is 21.0 Å². The molecule has 4 fully saturated rings. The van der Waals surface area contributed by atoms with Gasteiger partial charge in [0.2, 0.25) is 5.88 Å². The first-order valence-corrected chi connectivity index (χ1v) is 15.5. The Hall–Kier alpha value is -3.80. The Morgan fingerprint density at radius 1 is 1.10 bits per heavy atom. The van der Waals surface area contributed by atoms with Crippen LogP contribution in [0.2, 0.25) is 0 Å². The maximum absolute atomic E-state index is 14.4. The number of nitrogens with one attached hydrogen (secondary N) is 1. The summed E-state index contributed by atoms with van der Waals surface area (Å²) in [6, 6.07) is 11.7. The maximum Gasteiger partial charge on any atom is 0.258 e. The third-order valence-corrected chi connectivity index (χ3v) is 10.5. The van der Waals surface area contributed by atoms with Gasteiger partial charge in [0.1, 0.15) is 18.2 Å². The predicted molar refractivity (Wildman–Crippen MR) is 164 cm³/mol. The molecule has 3 aromatic rings. The van der Waals surface area contributed by atoms with Gasteiger partial charge in [0.15, 0.2) is 0 Å². The van der Waals surface area contributed by atoms with Crippen molar-refractivity contribution in [3.63, 3.8) is 0 Å². The van der Waals surface area contributed by atoms with E-state index in [1.807, 2.05) is 24.3 Å². The fraction of sp³-hybridized carbons (Fsp3) is 0.471. The Morgan fingerprint density at radius 2 is 1.88 bits per heavy atom. The van der Waals surface area contributed by atoms with Gasteiger partial charge in [-0.2, -0.15) is 4.98 Å². The van der Waals surface area contributed by atoms with E-state index >= 15 is 0 Å². The summed E-state index contributed by atoms with van der Waals surface area (Å²) in [5, 5.41) is 15.8. The molecule has 5 aliphatic heterocycles. The number of amides is 1. The minimum Gasteiger partial charge on any atom is -0.508 e. The van der Waals surface area contributed by atoms with Crippen molar-refractivity contribution in [2.45, 2.75) is 62.6 Å². The first-order chi connectivity index (χ1) is 20.5. The second-order valence-corrected chi connectivity index (χ2v) is 12.7. The van der Waals surface area contributed by atoms with Crippen molar-refractivity contribution < 1.29 is 14.6 Å². The molecule has 42 heavy (non-hydrogen) atoms. The van der Waals surface area contributed by atoms with E-state index in [0.717, 1.165) is 74.0 Å². The third kappa shape index (κ3) is 3.98. The number of anilines is 2. The molecule has 0 radical (unpaired) electrons. The van der Waals surface area contributed by atoms with Gasteiger partial charge in [-0.3, -0.25) is 9.69 Å². The van der Waals surface area contributed by atoms with Crippen LogP contribution in [0.1, 0.15) is 60.0 Å². The summed E-state index contributed by atoms with van der Waals surface area (Å²) in [5.41, 5.74) is 3.08. The van der Waals surface area contributed by atoms with Crippen molar-refractivity contribution in [1.29, 1.82) is 0 Å². The van der Waals surface area contributed by atoms with Gasteiger partial charge in [0.25, 0.3) is 5.91 Å². The lowest BCUT2D eigenvalue weighted by Crippen LogP contribution is -2.53. The number of carbonyl (C=O) groups excluding carboxylic acids is 1. The fourth-order valence-electron chi connectivity index (χ4n) is 8.48. The number of benzene rings is 2. The number of phenols is 1. The summed E-state index contributed by atoms with van der Waals surface area (Å²) in [6.45, 7) is 5.23. The minimum atomic E-state index is -0.104. The van der Waals surface area contributed by atoms with Gasteiger partial charge in [-0.1, -0.05) is 18.1 Å². The number of fused-ring (bicyclic) bond motifs is 5. The molecule has 8 rings (SSSR count). The van der Waals surface area contributed by atoms with Crippen LogP contribution < -0.4 is 19.9 Å². The summed E-state index contributed by atoms with van der Waals surface area (Å²) in [5.74, 6) is 4.24. The Balaban J connectivity index is 1.21. The van der Waals surface area contributed by atoms with Gasteiger partial charge >= 0.3 is 0 Å². The molecule has 8 heteroatoms. The molecule has 2 bridgehead atoms. The quantitative estimate of drug-likeness (QED) is 0.453. The molecule has 0 saturated carbocycles. The van der Waals surface area contributed by atoms with Crippen molar-refractivity contribution in [2.75, 3.05) is 49.1 Å². The number of phenolic OH excluding ortho intramolecular Hbond substituents is 1. The van der Waals surface area contributed by atoms with Gasteiger partial charge in [0.05, 0.1) is 16.8 Å². The molecule has 5 aliphatic rings. The normalized spacial score (nSPS) is 24.6. The van der Waals surface area contributed by atoms with Crippen molar-refractivity contribution in [1.82, 2.24) is 15.2 Å². The predicted octanol–water partition coefficient (Wildman–Crippen LogP) is 4.07.